The average molecular weight is 425 g/mol. The fourth-order valence-corrected chi connectivity index (χ4v) is 3.22. The number of halogens is 1. The Balaban J connectivity index is 1.78. The van der Waals surface area contributed by atoms with Gasteiger partial charge in [-0.1, -0.05) is 48.5 Å². The molecule has 0 radical (unpaired) electrons. The van der Waals surface area contributed by atoms with E-state index in [9.17, 15) is 4.79 Å². The summed E-state index contributed by atoms with van der Waals surface area (Å²) in [5.41, 5.74) is 2.07. The predicted octanol–water partition coefficient (Wildman–Crippen LogP) is 4.79. The van der Waals surface area contributed by atoms with Crippen molar-refractivity contribution in [2.45, 2.75) is 0 Å². The summed E-state index contributed by atoms with van der Waals surface area (Å²) in [5, 5.41) is 2.21. The van der Waals surface area contributed by atoms with Gasteiger partial charge in [-0.25, -0.2) is 9.79 Å². The number of esters is 1. The van der Waals surface area contributed by atoms with Gasteiger partial charge in [0.1, 0.15) is 0 Å². The number of nitrogens with zero attached hydrogens (tertiary/aromatic N) is 1. The van der Waals surface area contributed by atoms with E-state index < -0.39 is 5.97 Å². The van der Waals surface area contributed by atoms with Gasteiger partial charge in [0.05, 0.1) is 0 Å². The van der Waals surface area contributed by atoms with Crippen molar-refractivity contribution < 1.29 is 9.53 Å². The zero-order valence-electron chi connectivity index (χ0n) is 12.6. The van der Waals surface area contributed by atoms with Gasteiger partial charge in [0.25, 0.3) is 0 Å². The summed E-state index contributed by atoms with van der Waals surface area (Å²) in [6.45, 7) is 0. The molecule has 0 saturated carbocycles. The maximum absolute atomic E-state index is 12.2. The van der Waals surface area contributed by atoms with Gasteiger partial charge in [-0.2, -0.15) is 0 Å². The lowest BCUT2D eigenvalue weighted by atomic mass is 10.0. The van der Waals surface area contributed by atoms with Crippen LogP contribution < -0.4 is 0 Å². The first-order valence-electron chi connectivity index (χ1n) is 7.47. The predicted molar refractivity (Wildman–Crippen MR) is 104 cm³/mol. The van der Waals surface area contributed by atoms with Crippen molar-refractivity contribution in [3.8, 4) is 0 Å². The Hall–Kier alpha value is -2.47. The quantitative estimate of drug-likeness (QED) is 0.337. The third-order valence-corrected chi connectivity index (χ3v) is 4.48. The smallest absolute Gasteiger partial charge is 0.363 e. The van der Waals surface area contributed by atoms with E-state index in [0.29, 0.717) is 11.6 Å². The van der Waals surface area contributed by atoms with Crippen molar-refractivity contribution in [2.24, 2.45) is 4.99 Å². The highest BCUT2D eigenvalue weighted by Gasteiger charge is 2.24. The molecule has 0 saturated heterocycles. The zero-order valence-corrected chi connectivity index (χ0v) is 14.7. The van der Waals surface area contributed by atoms with Crippen molar-refractivity contribution in [3.05, 3.63) is 87.1 Å². The topological polar surface area (TPSA) is 38.7 Å². The molecule has 1 aliphatic rings. The van der Waals surface area contributed by atoms with Crippen LogP contribution in [-0.2, 0) is 9.53 Å². The van der Waals surface area contributed by atoms with Crippen LogP contribution in [0.2, 0.25) is 0 Å². The van der Waals surface area contributed by atoms with E-state index in [-0.39, 0.29) is 0 Å². The molecule has 3 nitrogen and oxygen atoms in total. The van der Waals surface area contributed by atoms with E-state index in [1.165, 1.54) is 0 Å². The molecular formula is C20H12INO2. The molecule has 3 aromatic carbocycles. The Morgan fingerprint density at radius 3 is 2.62 bits per heavy atom. The number of ether oxygens (including phenoxy) is 1. The minimum atomic E-state index is -0.420. The number of carbonyl (C=O) groups is 1. The number of benzene rings is 3. The molecule has 0 bridgehead atoms. The molecule has 0 spiro atoms. The van der Waals surface area contributed by atoms with Gasteiger partial charge >= 0.3 is 5.97 Å². The van der Waals surface area contributed by atoms with E-state index in [0.717, 1.165) is 25.5 Å². The van der Waals surface area contributed by atoms with Gasteiger partial charge in [-0.05, 0) is 63.2 Å². The average Bonchev–Trinajstić information content (AvgIpc) is 2.96. The molecule has 1 aliphatic heterocycles. The molecule has 0 aliphatic carbocycles. The van der Waals surface area contributed by atoms with E-state index in [1.54, 1.807) is 6.08 Å². The molecule has 0 amide bonds. The van der Waals surface area contributed by atoms with Gasteiger partial charge < -0.3 is 4.74 Å². The van der Waals surface area contributed by atoms with Crippen molar-refractivity contribution in [2.75, 3.05) is 0 Å². The number of rotatable bonds is 2. The number of hydrogen-bond donors (Lipinski definition) is 0. The first kappa shape index (κ1) is 15.1. The van der Waals surface area contributed by atoms with Gasteiger partial charge in [0.15, 0.2) is 5.70 Å². The fourth-order valence-electron chi connectivity index (χ4n) is 2.68. The minimum Gasteiger partial charge on any atom is -0.402 e. The third-order valence-electron chi connectivity index (χ3n) is 3.81. The largest absolute Gasteiger partial charge is 0.402 e. The van der Waals surface area contributed by atoms with Gasteiger partial charge in [-0.3, -0.25) is 0 Å². The Kier molecular flexibility index (Phi) is 3.90. The summed E-state index contributed by atoms with van der Waals surface area (Å²) in [5.74, 6) is -0.0678. The molecule has 0 fully saturated rings. The van der Waals surface area contributed by atoms with Crippen LogP contribution in [0.1, 0.15) is 11.1 Å². The first-order valence-corrected chi connectivity index (χ1v) is 8.55. The molecule has 3 aromatic rings. The summed E-state index contributed by atoms with van der Waals surface area (Å²) in [7, 11) is 0. The molecule has 0 atom stereocenters. The Labute approximate surface area is 152 Å². The Morgan fingerprint density at radius 1 is 0.958 bits per heavy atom. The number of aliphatic imine (C=N–C) groups is 1. The summed E-state index contributed by atoms with van der Waals surface area (Å²) in [6, 6.07) is 21.8. The van der Waals surface area contributed by atoms with Crippen molar-refractivity contribution >= 4 is 51.3 Å². The number of cyclic esters (lactones) is 1. The fraction of sp³-hybridized carbons (Fsp3) is 0. The lowest BCUT2D eigenvalue weighted by Gasteiger charge is -2.01. The lowest BCUT2D eigenvalue weighted by molar-refractivity contribution is -0.129. The molecular weight excluding hydrogens is 413 g/mol. The summed E-state index contributed by atoms with van der Waals surface area (Å²) >= 11 is 2.22. The van der Waals surface area contributed by atoms with E-state index in [4.69, 9.17) is 4.74 Å². The van der Waals surface area contributed by atoms with Crippen LogP contribution in [0.25, 0.3) is 16.8 Å². The highest BCUT2D eigenvalue weighted by Crippen LogP contribution is 2.24. The molecule has 116 valence electrons. The number of fused-ring (bicyclic) bond motifs is 1. The molecule has 0 N–H and O–H groups in total. The van der Waals surface area contributed by atoms with Crippen molar-refractivity contribution in [1.82, 2.24) is 0 Å². The monoisotopic (exact) mass is 425 g/mol. The molecule has 4 rings (SSSR count). The zero-order chi connectivity index (χ0) is 16.5. The van der Waals surface area contributed by atoms with Crippen LogP contribution >= 0.6 is 22.6 Å². The van der Waals surface area contributed by atoms with Crippen LogP contribution in [-0.4, -0.2) is 11.9 Å². The first-order chi connectivity index (χ1) is 11.7. The van der Waals surface area contributed by atoms with Crippen molar-refractivity contribution in [1.29, 1.82) is 0 Å². The third kappa shape index (κ3) is 2.85. The minimum absolute atomic E-state index is 0.320. The second-order valence-corrected chi connectivity index (χ2v) is 6.66. The summed E-state index contributed by atoms with van der Waals surface area (Å²) < 4.78 is 6.40. The maximum Gasteiger partial charge on any atom is 0.363 e. The normalized spacial score (nSPS) is 15.6. The molecule has 24 heavy (non-hydrogen) atoms. The standard InChI is InChI=1S/C20H12INO2/c21-16-9-4-8-15(11-16)19-22-18(20(23)24-19)12-14-7-3-6-13-5-1-2-10-17(13)14/h1-12H/b18-12-. The van der Waals surface area contributed by atoms with Crippen LogP contribution in [0.15, 0.2) is 77.4 Å². The second-order valence-electron chi connectivity index (χ2n) is 5.41. The molecule has 0 unspecified atom stereocenters. The van der Waals surface area contributed by atoms with Crippen LogP contribution in [0, 0.1) is 3.57 Å². The molecule has 0 aromatic heterocycles. The summed E-state index contributed by atoms with van der Waals surface area (Å²) in [6.07, 6.45) is 1.78. The van der Waals surface area contributed by atoms with E-state index >= 15 is 0 Å². The lowest BCUT2D eigenvalue weighted by Crippen LogP contribution is -2.05. The van der Waals surface area contributed by atoms with Gasteiger partial charge in [0, 0.05) is 9.13 Å². The van der Waals surface area contributed by atoms with Crippen molar-refractivity contribution in [3.63, 3.8) is 0 Å². The molecule has 4 heteroatoms. The maximum atomic E-state index is 12.2. The SMILES string of the molecule is O=C1OC(c2cccc(I)c2)=N/C1=C\c1cccc2ccccc12. The van der Waals surface area contributed by atoms with Gasteiger partial charge in [-0.15, -0.1) is 0 Å². The second kappa shape index (κ2) is 6.20. The summed E-state index contributed by atoms with van der Waals surface area (Å²) in [4.78, 5) is 16.6. The highest BCUT2D eigenvalue weighted by atomic mass is 127. The van der Waals surface area contributed by atoms with Crippen LogP contribution in [0.5, 0.6) is 0 Å². The van der Waals surface area contributed by atoms with E-state index in [1.807, 2.05) is 66.7 Å². The van der Waals surface area contributed by atoms with Gasteiger partial charge in [0.2, 0.25) is 5.90 Å². The Bertz CT molecular complexity index is 1020. The number of carbonyl (C=O) groups excluding carboxylic acids is 1. The van der Waals surface area contributed by atoms with Crippen LogP contribution in [0.3, 0.4) is 0 Å². The van der Waals surface area contributed by atoms with Crippen LogP contribution in [0.4, 0.5) is 0 Å². The highest BCUT2D eigenvalue weighted by molar-refractivity contribution is 14.1. The number of hydrogen-bond acceptors (Lipinski definition) is 3. The van der Waals surface area contributed by atoms with E-state index in [2.05, 4.69) is 27.6 Å². The molecule has 1 heterocycles. The Morgan fingerprint density at radius 2 is 1.75 bits per heavy atom.